The van der Waals surface area contributed by atoms with Gasteiger partial charge in [0.15, 0.2) is 0 Å². The summed E-state index contributed by atoms with van der Waals surface area (Å²) in [5.41, 5.74) is 2.45. The average Bonchev–Trinajstić information content (AvgIpc) is 2.99. The van der Waals surface area contributed by atoms with Crippen LogP contribution in [0.5, 0.6) is 0 Å². The number of carbonyl (C=O) groups excluding carboxylic acids is 1. The van der Waals surface area contributed by atoms with Crippen LogP contribution in [-0.2, 0) is 27.3 Å². The summed E-state index contributed by atoms with van der Waals surface area (Å²) in [5, 5.41) is 2.93. The third-order valence-electron chi connectivity index (χ3n) is 5.11. The van der Waals surface area contributed by atoms with Gasteiger partial charge in [-0.15, -0.1) is 0 Å². The molecule has 0 aliphatic heterocycles. The van der Waals surface area contributed by atoms with Crippen LogP contribution in [0.1, 0.15) is 5.69 Å². The molecule has 1 N–H and O–H groups in total. The Kier molecular flexibility index (Phi) is 5.51. The standard InChI is InChI=1S/C22H19ClN2O4S/c1-14-22(18-12-16(23)10-11-19(18)24(14)13-21(26)29-2)25(30(27)28)20-9-5-7-15-6-3-4-8-17(15)20/h3-12H,13H2,1-2H3,(H,27,28). The van der Waals surface area contributed by atoms with Crippen molar-refractivity contribution in [1.29, 1.82) is 0 Å². The molecule has 0 saturated carbocycles. The zero-order valence-electron chi connectivity index (χ0n) is 16.3. The summed E-state index contributed by atoms with van der Waals surface area (Å²) >= 11 is 3.88. The first-order valence-corrected chi connectivity index (χ1v) is 10.6. The molecule has 1 heterocycles. The molecule has 8 heteroatoms. The fraction of sp³-hybridized carbons (Fsp3) is 0.136. The van der Waals surface area contributed by atoms with Gasteiger partial charge in [0, 0.05) is 21.5 Å². The molecule has 0 saturated heterocycles. The topological polar surface area (TPSA) is 71.8 Å². The number of hydrogen-bond acceptors (Lipinski definition) is 3. The highest BCUT2D eigenvalue weighted by Gasteiger charge is 2.26. The van der Waals surface area contributed by atoms with Gasteiger partial charge in [0.2, 0.25) is 0 Å². The van der Waals surface area contributed by atoms with Crippen LogP contribution in [0, 0.1) is 6.92 Å². The number of aromatic nitrogens is 1. The van der Waals surface area contributed by atoms with Crippen molar-refractivity contribution in [3.8, 4) is 0 Å². The highest BCUT2D eigenvalue weighted by molar-refractivity contribution is 7.81. The van der Waals surface area contributed by atoms with Gasteiger partial charge in [0.05, 0.1) is 24.0 Å². The lowest BCUT2D eigenvalue weighted by Crippen LogP contribution is -2.21. The molecular weight excluding hydrogens is 424 g/mol. The van der Waals surface area contributed by atoms with Crippen LogP contribution in [0.15, 0.2) is 60.7 Å². The fourth-order valence-corrected chi connectivity index (χ4v) is 4.64. The van der Waals surface area contributed by atoms with Crippen molar-refractivity contribution in [1.82, 2.24) is 4.57 Å². The largest absolute Gasteiger partial charge is 0.468 e. The number of benzene rings is 3. The van der Waals surface area contributed by atoms with Crippen molar-refractivity contribution in [3.05, 3.63) is 71.4 Å². The minimum Gasteiger partial charge on any atom is -0.468 e. The van der Waals surface area contributed by atoms with E-state index >= 15 is 0 Å². The summed E-state index contributed by atoms with van der Waals surface area (Å²) in [6, 6.07) is 18.5. The first kappa shape index (κ1) is 20.4. The second-order valence-corrected chi connectivity index (χ2v) is 8.04. The number of ether oxygens (including phenoxy) is 1. The molecule has 1 atom stereocenters. The summed E-state index contributed by atoms with van der Waals surface area (Å²) in [7, 11) is 1.33. The van der Waals surface area contributed by atoms with Gasteiger partial charge >= 0.3 is 5.97 Å². The molecule has 4 rings (SSSR count). The van der Waals surface area contributed by atoms with E-state index in [1.165, 1.54) is 11.4 Å². The van der Waals surface area contributed by atoms with E-state index in [2.05, 4.69) is 0 Å². The Hall–Kier alpha value is -2.87. The summed E-state index contributed by atoms with van der Waals surface area (Å²) in [5.74, 6) is -0.418. The van der Waals surface area contributed by atoms with Crippen LogP contribution in [0.3, 0.4) is 0 Å². The smallest absolute Gasteiger partial charge is 0.325 e. The first-order chi connectivity index (χ1) is 14.4. The molecule has 0 aliphatic carbocycles. The second kappa shape index (κ2) is 8.10. The zero-order valence-corrected chi connectivity index (χ0v) is 17.9. The number of methoxy groups -OCH3 is 1. The Morgan fingerprint density at radius 1 is 1.13 bits per heavy atom. The van der Waals surface area contributed by atoms with E-state index in [1.54, 1.807) is 35.8 Å². The summed E-state index contributed by atoms with van der Waals surface area (Å²) in [4.78, 5) is 12.0. The molecule has 0 spiro atoms. The van der Waals surface area contributed by atoms with Gasteiger partial charge in [0.25, 0.3) is 11.3 Å². The van der Waals surface area contributed by atoms with E-state index < -0.39 is 17.2 Å². The number of fused-ring (bicyclic) bond motifs is 2. The van der Waals surface area contributed by atoms with E-state index in [0.29, 0.717) is 33.0 Å². The minimum atomic E-state index is -2.37. The highest BCUT2D eigenvalue weighted by atomic mass is 35.5. The predicted octanol–water partition coefficient (Wildman–Crippen LogP) is 5.20. The number of esters is 1. The van der Waals surface area contributed by atoms with E-state index in [4.69, 9.17) is 16.3 Å². The van der Waals surface area contributed by atoms with Crippen molar-refractivity contribution >= 4 is 61.9 Å². The molecule has 30 heavy (non-hydrogen) atoms. The van der Waals surface area contributed by atoms with Crippen molar-refractivity contribution in [3.63, 3.8) is 0 Å². The minimum absolute atomic E-state index is 0.0259. The molecule has 1 aromatic heterocycles. The van der Waals surface area contributed by atoms with Gasteiger partial charge in [-0.1, -0.05) is 48.0 Å². The number of rotatable bonds is 5. The average molecular weight is 443 g/mol. The predicted molar refractivity (Wildman–Crippen MR) is 121 cm³/mol. The quantitative estimate of drug-likeness (QED) is 0.340. The molecule has 0 bridgehead atoms. The van der Waals surface area contributed by atoms with Crippen molar-refractivity contribution in [2.75, 3.05) is 11.4 Å². The Morgan fingerprint density at radius 2 is 1.87 bits per heavy atom. The van der Waals surface area contributed by atoms with Crippen LogP contribution in [0.25, 0.3) is 21.7 Å². The number of hydrogen-bond donors (Lipinski definition) is 1. The summed E-state index contributed by atoms with van der Waals surface area (Å²) in [6.07, 6.45) is 0. The van der Waals surface area contributed by atoms with E-state index in [0.717, 1.165) is 10.8 Å². The van der Waals surface area contributed by atoms with Crippen LogP contribution < -0.4 is 4.31 Å². The van der Waals surface area contributed by atoms with E-state index in [1.807, 2.05) is 36.4 Å². The van der Waals surface area contributed by atoms with Crippen LogP contribution >= 0.6 is 11.6 Å². The number of nitrogens with zero attached hydrogens (tertiary/aromatic N) is 2. The Bertz CT molecular complexity index is 1300. The maximum atomic E-state index is 12.6. The Balaban J connectivity index is 2.04. The van der Waals surface area contributed by atoms with Crippen LogP contribution in [-0.4, -0.2) is 26.4 Å². The molecule has 0 amide bonds. The van der Waals surface area contributed by atoms with E-state index in [9.17, 15) is 13.6 Å². The lowest BCUT2D eigenvalue weighted by atomic mass is 10.1. The van der Waals surface area contributed by atoms with Gasteiger partial charge in [0.1, 0.15) is 6.54 Å². The molecular formula is C22H19ClN2O4S. The van der Waals surface area contributed by atoms with Crippen molar-refractivity contribution < 1.29 is 18.3 Å². The first-order valence-electron chi connectivity index (χ1n) is 9.16. The Morgan fingerprint density at radius 3 is 2.60 bits per heavy atom. The SMILES string of the molecule is COC(=O)Cn1c(C)c(N(c2cccc3ccccc23)S(=O)O)c2cc(Cl)ccc21. The van der Waals surface area contributed by atoms with Gasteiger partial charge in [-0.3, -0.25) is 9.35 Å². The van der Waals surface area contributed by atoms with Gasteiger partial charge in [-0.25, -0.2) is 8.51 Å². The monoisotopic (exact) mass is 442 g/mol. The fourth-order valence-electron chi connectivity index (χ4n) is 3.76. The van der Waals surface area contributed by atoms with Gasteiger partial charge in [-0.2, -0.15) is 0 Å². The maximum Gasteiger partial charge on any atom is 0.325 e. The second-order valence-electron chi connectivity index (χ2n) is 6.78. The number of anilines is 2. The Labute approximate surface area is 181 Å². The zero-order chi connectivity index (χ0) is 21.4. The molecule has 154 valence electrons. The van der Waals surface area contributed by atoms with Crippen molar-refractivity contribution in [2.24, 2.45) is 0 Å². The van der Waals surface area contributed by atoms with Crippen LogP contribution in [0.4, 0.5) is 11.4 Å². The maximum absolute atomic E-state index is 12.6. The summed E-state index contributed by atoms with van der Waals surface area (Å²) in [6.45, 7) is 1.78. The van der Waals surface area contributed by atoms with Crippen LogP contribution in [0.2, 0.25) is 5.02 Å². The third kappa shape index (κ3) is 3.45. The normalized spacial score (nSPS) is 12.3. The highest BCUT2D eigenvalue weighted by Crippen LogP contribution is 2.41. The van der Waals surface area contributed by atoms with Gasteiger partial charge in [-0.05, 0) is 36.6 Å². The number of halogens is 1. The molecule has 1 unspecified atom stereocenters. The molecule has 0 aliphatic rings. The molecule has 0 radical (unpaired) electrons. The summed E-state index contributed by atoms with van der Waals surface area (Å²) < 4.78 is 30.9. The lowest BCUT2D eigenvalue weighted by molar-refractivity contribution is -0.141. The molecule has 6 nitrogen and oxygen atoms in total. The van der Waals surface area contributed by atoms with Crippen molar-refractivity contribution in [2.45, 2.75) is 13.5 Å². The lowest BCUT2D eigenvalue weighted by Gasteiger charge is -2.22. The third-order valence-corrected chi connectivity index (χ3v) is 6.04. The van der Waals surface area contributed by atoms with E-state index in [-0.39, 0.29) is 6.54 Å². The van der Waals surface area contributed by atoms with Gasteiger partial charge < -0.3 is 9.30 Å². The molecule has 4 aromatic rings. The molecule has 3 aromatic carbocycles. The number of carbonyl (C=O) groups is 1. The molecule has 0 fully saturated rings.